The summed E-state index contributed by atoms with van der Waals surface area (Å²) < 4.78 is 5.52. The number of hydrogen-bond donors (Lipinski definition) is 2. The van der Waals surface area contributed by atoms with Gasteiger partial charge in [-0.3, -0.25) is 9.79 Å². The van der Waals surface area contributed by atoms with Crippen LogP contribution in [0.15, 0.2) is 27.8 Å². The predicted molar refractivity (Wildman–Crippen MR) is 122 cm³/mol. The molecule has 152 valence electrons. The summed E-state index contributed by atoms with van der Waals surface area (Å²) in [5.74, 6) is 2.29. The molecule has 8 heteroatoms. The molecular weight excluding hydrogens is 475 g/mol. The molecule has 1 aromatic heterocycles. The van der Waals surface area contributed by atoms with Gasteiger partial charge in [0.15, 0.2) is 11.7 Å². The van der Waals surface area contributed by atoms with Crippen molar-refractivity contribution in [3.05, 3.63) is 24.2 Å². The van der Waals surface area contributed by atoms with Crippen LogP contribution < -0.4 is 10.6 Å². The van der Waals surface area contributed by atoms with Crippen LogP contribution in [0.25, 0.3) is 0 Å². The maximum atomic E-state index is 11.9. The van der Waals surface area contributed by atoms with Crippen molar-refractivity contribution >= 4 is 47.6 Å². The van der Waals surface area contributed by atoms with Crippen LogP contribution in [0.4, 0.5) is 0 Å². The zero-order valence-electron chi connectivity index (χ0n) is 16.0. The molecule has 0 aromatic carbocycles. The molecule has 2 fully saturated rings. The van der Waals surface area contributed by atoms with Crippen LogP contribution in [0.3, 0.4) is 0 Å². The summed E-state index contributed by atoms with van der Waals surface area (Å²) in [4.78, 5) is 19.1. The van der Waals surface area contributed by atoms with E-state index in [0.29, 0.717) is 23.6 Å². The molecule has 3 rings (SSSR count). The van der Waals surface area contributed by atoms with Gasteiger partial charge in [-0.25, -0.2) is 0 Å². The van der Waals surface area contributed by atoms with Gasteiger partial charge in [0.2, 0.25) is 0 Å². The standard InChI is InChI=1S/C19H30N4O2S.HI/c1-2-20-18(22-11-10-21-17(24)16-7-6-13-25-16)23-12-14-26-19(15-23)8-4-3-5-9-19;/h6-7,13H,2-5,8-12,14-15H2,1H3,(H,20,22)(H,21,24);1H. The summed E-state index contributed by atoms with van der Waals surface area (Å²) in [6.07, 6.45) is 8.25. The number of hydrogen-bond acceptors (Lipinski definition) is 4. The molecule has 2 N–H and O–H groups in total. The second kappa shape index (κ2) is 11.2. The van der Waals surface area contributed by atoms with Gasteiger partial charge in [-0.1, -0.05) is 19.3 Å². The van der Waals surface area contributed by atoms with Gasteiger partial charge in [0, 0.05) is 36.7 Å². The van der Waals surface area contributed by atoms with Crippen molar-refractivity contribution in [3.63, 3.8) is 0 Å². The highest BCUT2D eigenvalue weighted by molar-refractivity contribution is 14.0. The first-order chi connectivity index (χ1) is 12.7. The number of thioether (sulfide) groups is 1. The first-order valence-electron chi connectivity index (χ1n) is 9.71. The SMILES string of the molecule is CCNC(=NCCNC(=O)c1ccco1)N1CCSC2(CCCCC2)C1.I. The lowest BCUT2D eigenvalue weighted by molar-refractivity contribution is 0.0927. The zero-order chi connectivity index (χ0) is 18.2. The number of furan rings is 1. The lowest BCUT2D eigenvalue weighted by Gasteiger charge is -2.45. The minimum atomic E-state index is -0.189. The summed E-state index contributed by atoms with van der Waals surface area (Å²) in [6, 6.07) is 3.38. The number of aliphatic imine (C=N–C) groups is 1. The summed E-state index contributed by atoms with van der Waals surface area (Å²) in [5, 5.41) is 6.28. The molecule has 1 saturated carbocycles. The molecule has 1 aliphatic heterocycles. The Kier molecular flexibility index (Phi) is 9.28. The van der Waals surface area contributed by atoms with Crippen LogP contribution in [0.5, 0.6) is 0 Å². The van der Waals surface area contributed by atoms with E-state index in [1.807, 2.05) is 0 Å². The third-order valence-corrected chi connectivity index (χ3v) is 6.59. The number of halogens is 1. The van der Waals surface area contributed by atoms with Gasteiger partial charge in [-0.2, -0.15) is 11.8 Å². The third-order valence-electron chi connectivity index (χ3n) is 5.05. The van der Waals surface area contributed by atoms with E-state index in [4.69, 9.17) is 9.41 Å². The first-order valence-corrected chi connectivity index (χ1v) is 10.7. The molecule has 2 heterocycles. The molecule has 6 nitrogen and oxygen atoms in total. The molecule has 1 saturated heterocycles. The quantitative estimate of drug-likeness (QED) is 0.278. The Morgan fingerprint density at radius 1 is 1.33 bits per heavy atom. The second-order valence-electron chi connectivity index (χ2n) is 6.98. The number of carbonyl (C=O) groups is 1. The predicted octanol–water partition coefficient (Wildman–Crippen LogP) is 3.34. The van der Waals surface area contributed by atoms with E-state index in [1.165, 1.54) is 44.1 Å². The van der Waals surface area contributed by atoms with Crippen molar-refractivity contribution in [1.82, 2.24) is 15.5 Å². The molecule has 1 spiro atoms. The third kappa shape index (κ3) is 6.30. The van der Waals surface area contributed by atoms with E-state index in [-0.39, 0.29) is 29.9 Å². The van der Waals surface area contributed by atoms with E-state index < -0.39 is 0 Å². The van der Waals surface area contributed by atoms with E-state index in [9.17, 15) is 4.79 Å². The number of carbonyl (C=O) groups excluding carboxylic acids is 1. The largest absolute Gasteiger partial charge is 0.459 e. The lowest BCUT2D eigenvalue weighted by Crippen LogP contribution is -2.53. The van der Waals surface area contributed by atoms with Crippen LogP contribution in [0.2, 0.25) is 0 Å². The fourth-order valence-corrected chi connectivity index (χ4v) is 5.35. The Balaban J connectivity index is 0.00000261. The van der Waals surface area contributed by atoms with Gasteiger partial charge in [-0.05, 0) is 31.9 Å². The summed E-state index contributed by atoms with van der Waals surface area (Å²) in [5.41, 5.74) is 0. The minimum Gasteiger partial charge on any atom is -0.459 e. The Morgan fingerprint density at radius 3 is 2.85 bits per heavy atom. The van der Waals surface area contributed by atoms with Gasteiger partial charge < -0.3 is 20.0 Å². The van der Waals surface area contributed by atoms with Crippen LogP contribution >= 0.6 is 35.7 Å². The highest BCUT2D eigenvalue weighted by Gasteiger charge is 2.38. The summed E-state index contributed by atoms with van der Waals surface area (Å²) in [7, 11) is 0. The average Bonchev–Trinajstić information content (AvgIpc) is 3.19. The maximum absolute atomic E-state index is 11.9. The Morgan fingerprint density at radius 2 is 2.15 bits per heavy atom. The van der Waals surface area contributed by atoms with Crippen molar-refractivity contribution in [2.45, 2.75) is 43.8 Å². The zero-order valence-corrected chi connectivity index (χ0v) is 19.2. The number of amides is 1. The van der Waals surface area contributed by atoms with Gasteiger partial charge in [0.25, 0.3) is 5.91 Å². The van der Waals surface area contributed by atoms with Gasteiger partial charge in [-0.15, -0.1) is 24.0 Å². The van der Waals surface area contributed by atoms with Crippen molar-refractivity contribution in [2.75, 3.05) is 38.5 Å². The Hall–Kier alpha value is -0.900. The molecule has 0 unspecified atom stereocenters. The van der Waals surface area contributed by atoms with Crippen LogP contribution in [-0.2, 0) is 0 Å². The first kappa shape index (κ1) is 22.4. The highest BCUT2D eigenvalue weighted by Crippen LogP contribution is 2.42. The molecular formula is C19H31IN4O2S. The Bertz CT molecular complexity index is 597. The topological polar surface area (TPSA) is 69.9 Å². The normalized spacial score (nSPS) is 19.4. The van der Waals surface area contributed by atoms with Gasteiger partial charge in [0.1, 0.15) is 0 Å². The molecule has 0 bridgehead atoms. The molecule has 0 atom stereocenters. The number of rotatable bonds is 5. The molecule has 1 aromatic rings. The van der Waals surface area contributed by atoms with E-state index in [2.05, 4.69) is 34.2 Å². The summed E-state index contributed by atoms with van der Waals surface area (Å²) in [6.45, 7) is 6.14. The van der Waals surface area contributed by atoms with Gasteiger partial charge in [0.05, 0.1) is 12.8 Å². The van der Waals surface area contributed by atoms with Crippen LogP contribution in [-0.4, -0.2) is 60.0 Å². The number of nitrogens with one attached hydrogen (secondary N) is 2. The van der Waals surface area contributed by atoms with Crippen molar-refractivity contribution in [2.24, 2.45) is 4.99 Å². The van der Waals surface area contributed by atoms with Crippen molar-refractivity contribution in [1.29, 1.82) is 0 Å². The molecule has 2 aliphatic rings. The fraction of sp³-hybridized carbons (Fsp3) is 0.684. The fourth-order valence-electron chi connectivity index (χ4n) is 3.78. The molecule has 1 aliphatic carbocycles. The monoisotopic (exact) mass is 506 g/mol. The minimum absolute atomic E-state index is 0. The van der Waals surface area contributed by atoms with Crippen LogP contribution in [0, 0.1) is 0 Å². The van der Waals surface area contributed by atoms with Gasteiger partial charge >= 0.3 is 0 Å². The number of guanidine groups is 1. The van der Waals surface area contributed by atoms with E-state index in [1.54, 1.807) is 12.1 Å². The Labute approximate surface area is 183 Å². The smallest absolute Gasteiger partial charge is 0.287 e. The number of nitrogens with zero attached hydrogens (tertiary/aromatic N) is 2. The molecule has 1 amide bonds. The molecule has 0 radical (unpaired) electrons. The van der Waals surface area contributed by atoms with E-state index in [0.717, 1.165) is 25.6 Å². The van der Waals surface area contributed by atoms with Crippen LogP contribution in [0.1, 0.15) is 49.6 Å². The second-order valence-corrected chi connectivity index (χ2v) is 8.55. The maximum Gasteiger partial charge on any atom is 0.287 e. The lowest BCUT2D eigenvalue weighted by atomic mass is 9.87. The summed E-state index contributed by atoms with van der Waals surface area (Å²) >= 11 is 2.16. The van der Waals surface area contributed by atoms with Crippen molar-refractivity contribution in [3.8, 4) is 0 Å². The highest BCUT2D eigenvalue weighted by atomic mass is 127. The average molecular weight is 506 g/mol. The van der Waals surface area contributed by atoms with Crippen molar-refractivity contribution < 1.29 is 9.21 Å². The van der Waals surface area contributed by atoms with E-state index >= 15 is 0 Å². The molecule has 27 heavy (non-hydrogen) atoms.